The number of nitrogens with zero attached hydrogens (tertiary/aromatic N) is 10. The van der Waals surface area contributed by atoms with Crippen molar-refractivity contribution in [2.24, 2.45) is 14.1 Å². The molecule has 0 radical (unpaired) electrons. The van der Waals surface area contributed by atoms with Gasteiger partial charge in [0.15, 0.2) is 11.5 Å². The minimum atomic E-state index is -0.701. The maximum absolute atomic E-state index is 10.7. The van der Waals surface area contributed by atoms with Gasteiger partial charge in [0, 0.05) is 74.4 Å². The Hall–Kier alpha value is -7.16. The molecule has 0 aliphatic carbocycles. The average molecular weight is 709 g/mol. The Balaban J connectivity index is 0.000000155. The average Bonchev–Trinajstić information content (AvgIpc) is 4.00. The Labute approximate surface area is 311 Å². The number of pyridine rings is 3. The Morgan fingerprint density at radius 2 is 1.37 bits per heavy atom. The van der Waals surface area contributed by atoms with Crippen molar-refractivity contribution >= 4 is 11.3 Å². The van der Waals surface area contributed by atoms with Gasteiger partial charge in [-0.1, -0.05) is 72.8 Å². The van der Waals surface area contributed by atoms with E-state index in [1.165, 1.54) is 0 Å². The van der Waals surface area contributed by atoms with Crippen LogP contribution in [-0.2, 0) is 20.5 Å². The van der Waals surface area contributed by atoms with E-state index in [1.807, 2.05) is 162 Å². The summed E-state index contributed by atoms with van der Waals surface area (Å²) in [5, 5.41) is 15.3. The lowest BCUT2D eigenvalue weighted by Gasteiger charge is -2.08. The molecule has 1 atom stereocenters. The van der Waals surface area contributed by atoms with Gasteiger partial charge in [0.1, 0.15) is 17.6 Å². The molecule has 264 valence electrons. The number of fused-ring (bicyclic) bond motifs is 2. The van der Waals surface area contributed by atoms with E-state index in [9.17, 15) is 5.11 Å². The first kappa shape index (κ1) is 34.0. The summed E-state index contributed by atoms with van der Waals surface area (Å²) in [5.74, 6) is 7.90. The van der Waals surface area contributed by atoms with Gasteiger partial charge < -0.3 is 18.6 Å². The fourth-order valence-corrected chi connectivity index (χ4v) is 6.27. The molecule has 0 bridgehead atoms. The molecule has 0 amide bonds. The van der Waals surface area contributed by atoms with E-state index >= 15 is 0 Å². The van der Waals surface area contributed by atoms with E-state index in [0.29, 0.717) is 23.9 Å². The van der Waals surface area contributed by atoms with Crippen LogP contribution in [0.25, 0.3) is 45.1 Å². The molecule has 7 heterocycles. The predicted octanol–water partition coefficient (Wildman–Crippen LogP) is 6.91. The number of aliphatic hydroxyl groups is 1. The van der Waals surface area contributed by atoms with Crippen LogP contribution in [-0.4, -0.2) is 53.2 Å². The summed E-state index contributed by atoms with van der Waals surface area (Å²) in [6, 6.07) is 33.8. The zero-order valence-electron chi connectivity index (χ0n) is 30.0. The third-order valence-corrected chi connectivity index (χ3v) is 8.98. The fourth-order valence-electron chi connectivity index (χ4n) is 6.27. The normalized spacial score (nSPS) is 11.6. The quantitative estimate of drug-likeness (QED) is 0.187. The van der Waals surface area contributed by atoms with Crippen molar-refractivity contribution in [3.8, 4) is 45.6 Å². The molecule has 11 nitrogen and oxygen atoms in total. The molecule has 0 fully saturated rings. The zero-order valence-corrected chi connectivity index (χ0v) is 30.0. The number of imidazole rings is 3. The standard InChI is InChI=1S/C23H16N6.C20H20N4O/c1-28-16-19(17-6-3-2-4-7-17)25-22(28)11-10-21-26-23-9-5-8-20(29(23)27-21)18-12-14-24-15-13-18;1-14-7-6-10-24-12-16(21-19(14)24)11-18(25)20-22-17(13-23(20)2)15-8-4-3-5-9-15/h2-9,12-16H,1H3;3-10,12-13,18,25H,11H2,1-2H3. The maximum atomic E-state index is 10.7. The number of benzene rings is 2. The van der Waals surface area contributed by atoms with Crippen LogP contribution in [0, 0.1) is 18.8 Å². The summed E-state index contributed by atoms with van der Waals surface area (Å²) in [7, 11) is 3.84. The Bertz CT molecular complexity index is 2750. The molecule has 0 spiro atoms. The lowest BCUT2D eigenvalue weighted by molar-refractivity contribution is 0.164. The van der Waals surface area contributed by atoms with E-state index in [-0.39, 0.29) is 0 Å². The smallest absolute Gasteiger partial charge is 0.226 e. The van der Waals surface area contributed by atoms with Gasteiger partial charge in [0.2, 0.25) is 5.82 Å². The molecule has 9 rings (SSSR count). The largest absolute Gasteiger partial charge is 0.385 e. The lowest BCUT2D eigenvalue weighted by atomic mass is 10.2. The summed E-state index contributed by atoms with van der Waals surface area (Å²) in [6.07, 6.45) is 11.1. The van der Waals surface area contributed by atoms with Crippen molar-refractivity contribution in [1.29, 1.82) is 0 Å². The Morgan fingerprint density at radius 3 is 2.09 bits per heavy atom. The molecule has 54 heavy (non-hydrogen) atoms. The minimum absolute atomic E-state index is 0.431. The van der Waals surface area contributed by atoms with E-state index < -0.39 is 6.10 Å². The van der Waals surface area contributed by atoms with Gasteiger partial charge in [-0.2, -0.15) is 4.98 Å². The lowest BCUT2D eigenvalue weighted by Crippen LogP contribution is -2.08. The first-order valence-corrected chi connectivity index (χ1v) is 17.5. The monoisotopic (exact) mass is 708 g/mol. The molecule has 9 aromatic rings. The third-order valence-electron chi connectivity index (χ3n) is 8.98. The third kappa shape index (κ3) is 7.14. The zero-order chi connectivity index (χ0) is 37.0. The van der Waals surface area contributed by atoms with Crippen LogP contribution in [0.1, 0.15) is 34.8 Å². The Morgan fingerprint density at radius 1 is 0.667 bits per heavy atom. The highest BCUT2D eigenvalue weighted by molar-refractivity contribution is 5.63. The van der Waals surface area contributed by atoms with Crippen molar-refractivity contribution in [2.45, 2.75) is 19.4 Å². The molecule has 0 saturated heterocycles. The first-order chi connectivity index (χ1) is 26.4. The van der Waals surface area contributed by atoms with Crippen LogP contribution in [0.15, 0.2) is 140 Å². The first-order valence-electron chi connectivity index (χ1n) is 17.5. The van der Waals surface area contributed by atoms with Gasteiger partial charge in [0.25, 0.3) is 0 Å². The molecular weight excluding hydrogens is 673 g/mol. The van der Waals surface area contributed by atoms with Crippen molar-refractivity contribution in [3.05, 3.63) is 169 Å². The second-order valence-electron chi connectivity index (χ2n) is 12.9. The molecule has 2 aromatic carbocycles. The topological polar surface area (TPSA) is 116 Å². The molecular formula is C43H36N10O. The van der Waals surface area contributed by atoms with Crippen LogP contribution in [0.4, 0.5) is 0 Å². The summed E-state index contributed by atoms with van der Waals surface area (Å²) >= 11 is 0. The van der Waals surface area contributed by atoms with Crippen molar-refractivity contribution < 1.29 is 5.11 Å². The minimum Gasteiger partial charge on any atom is -0.385 e. The number of hydrogen-bond donors (Lipinski definition) is 1. The van der Waals surface area contributed by atoms with Crippen molar-refractivity contribution in [1.82, 2.24) is 48.1 Å². The highest BCUT2D eigenvalue weighted by Gasteiger charge is 2.18. The predicted molar refractivity (Wildman–Crippen MR) is 208 cm³/mol. The van der Waals surface area contributed by atoms with Gasteiger partial charge in [0.05, 0.1) is 22.8 Å². The summed E-state index contributed by atoms with van der Waals surface area (Å²) in [5.41, 5.74) is 9.45. The summed E-state index contributed by atoms with van der Waals surface area (Å²) in [6.45, 7) is 2.04. The summed E-state index contributed by atoms with van der Waals surface area (Å²) in [4.78, 5) is 22.5. The highest BCUT2D eigenvalue weighted by atomic mass is 16.3. The van der Waals surface area contributed by atoms with Crippen LogP contribution in [0.3, 0.4) is 0 Å². The molecule has 0 saturated carbocycles. The van der Waals surface area contributed by atoms with Crippen molar-refractivity contribution in [2.75, 3.05) is 0 Å². The molecule has 11 heteroatoms. The second kappa shape index (κ2) is 14.8. The number of aromatic nitrogens is 10. The SMILES string of the molecule is Cc1cccn2cc(CC(O)c3nc(-c4ccccc4)cn3C)nc12.Cn1cc(-c2ccccc2)nc1C#Cc1nc2cccc(-c3ccncc3)n2n1. The van der Waals surface area contributed by atoms with E-state index in [0.717, 1.165) is 56.3 Å². The van der Waals surface area contributed by atoms with Crippen LogP contribution in [0.2, 0.25) is 0 Å². The van der Waals surface area contributed by atoms with E-state index in [4.69, 9.17) is 0 Å². The van der Waals surface area contributed by atoms with Gasteiger partial charge in [-0.15, -0.1) is 5.10 Å². The molecule has 7 aromatic heterocycles. The number of aliphatic hydroxyl groups excluding tert-OH is 1. The molecule has 0 aliphatic heterocycles. The fraction of sp³-hybridized carbons (Fsp3) is 0.116. The highest BCUT2D eigenvalue weighted by Crippen LogP contribution is 2.24. The molecule has 1 unspecified atom stereocenters. The maximum Gasteiger partial charge on any atom is 0.226 e. The van der Waals surface area contributed by atoms with Crippen molar-refractivity contribution in [3.63, 3.8) is 0 Å². The van der Waals surface area contributed by atoms with Gasteiger partial charge in [-0.25, -0.2) is 19.5 Å². The van der Waals surface area contributed by atoms with Gasteiger partial charge in [-0.3, -0.25) is 4.98 Å². The number of rotatable bonds is 6. The second-order valence-corrected chi connectivity index (χ2v) is 12.9. The van der Waals surface area contributed by atoms with E-state index in [1.54, 1.807) is 16.9 Å². The summed E-state index contributed by atoms with van der Waals surface area (Å²) < 4.78 is 7.58. The van der Waals surface area contributed by atoms with Crippen LogP contribution in [0.5, 0.6) is 0 Å². The molecule has 1 N–H and O–H groups in total. The van der Waals surface area contributed by atoms with Crippen LogP contribution >= 0.6 is 0 Å². The van der Waals surface area contributed by atoms with Gasteiger partial charge >= 0.3 is 0 Å². The van der Waals surface area contributed by atoms with Gasteiger partial charge in [-0.05, 0) is 54.7 Å². The number of aryl methyl sites for hydroxylation is 3. The number of hydrogen-bond acceptors (Lipinski definition) is 7. The molecule has 0 aliphatic rings. The van der Waals surface area contributed by atoms with Crippen LogP contribution < -0.4 is 0 Å². The Kier molecular flexibility index (Phi) is 9.32. The van der Waals surface area contributed by atoms with E-state index in [2.05, 4.69) is 41.9 Å².